The molecule has 0 bridgehead atoms. The lowest BCUT2D eigenvalue weighted by Gasteiger charge is -2.22. The van der Waals surface area contributed by atoms with Gasteiger partial charge in [0.1, 0.15) is 5.01 Å². The molecule has 2 aromatic carbocycles. The van der Waals surface area contributed by atoms with E-state index in [0.29, 0.717) is 45.8 Å². The number of nitrogens with zero attached hydrogens (tertiary/aromatic N) is 3. The van der Waals surface area contributed by atoms with Gasteiger partial charge in [0.05, 0.1) is 6.04 Å². The summed E-state index contributed by atoms with van der Waals surface area (Å²) in [6.45, 7) is 0.923. The Morgan fingerprint density at radius 1 is 0.939 bits per heavy atom. The number of anilines is 1. The zero-order valence-electron chi connectivity index (χ0n) is 17.3. The van der Waals surface area contributed by atoms with Crippen molar-refractivity contribution in [2.75, 3.05) is 25.4 Å². The van der Waals surface area contributed by atoms with Crippen LogP contribution < -0.4 is 24.3 Å². The molecule has 168 valence electrons. The van der Waals surface area contributed by atoms with Crippen LogP contribution in [0.25, 0.3) is 0 Å². The minimum Gasteiger partial charge on any atom is -0.454 e. The second kappa shape index (κ2) is 7.93. The molecule has 1 atom stereocenters. The molecule has 0 spiro atoms. The van der Waals surface area contributed by atoms with Gasteiger partial charge in [-0.05, 0) is 43.2 Å². The van der Waals surface area contributed by atoms with Crippen molar-refractivity contribution in [3.63, 3.8) is 0 Å². The zero-order valence-corrected chi connectivity index (χ0v) is 18.1. The zero-order chi connectivity index (χ0) is 22.4. The third-order valence-corrected chi connectivity index (χ3v) is 6.71. The summed E-state index contributed by atoms with van der Waals surface area (Å²) in [5.74, 6) is 1.93. The van der Waals surface area contributed by atoms with Crippen LogP contribution in [0.2, 0.25) is 0 Å². The summed E-state index contributed by atoms with van der Waals surface area (Å²) in [6.07, 6.45) is 1.61. The van der Waals surface area contributed by atoms with Crippen LogP contribution in [0, 0.1) is 0 Å². The Morgan fingerprint density at radius 2 is 1.67 bits per heavy atom. The first-order chi connectivity index (χ1) is 16.2. The van der Waals surface area contributed by atoms with Gasteiger partial charge in [-0.1, -0.05) is 11.3 Å². The van der Waals surface area contributed by atoms with Gasteiger partial charge in [-0.25, -0.2) is 0 Å². The number of carbonyl (C=O) groups excluding carboxylic acids is 2. The van der Waals surface area contributed by atoms with Crippen molar-refractivity contribution in [3.8, 4) is 23.0 Å². The van der Waals surface area contributed by atoms with E-state index < -0.39 is 0 Å². The third kappa shape index (κ3) is 3.59. The molecule has 3 aliphatic heterocycles. The topological polar surface area (TPSA) is 112 Å². The number of ether oxygens (including phenoxy) is 4. The molecule has 1 saturated heterocycles. The Hall–Kier alpha value is -3.86. The lowest BCUT2D eigenvalue weighted by Crippen LogP contribution is -2.30. The normalized spacial score (nSPS) is 17.9. The van der Waals surface area contributed by atoms with Crippen molar-refractivity contribution in [2.45, 2.75) is 18.9 Å². The van der Waals surface area contributed by atoms with Crippen LogP contribution in [0.4, 0.5) is 5.69 Å². The number of likely N-dealkylation sites (tertiary alicyclic amines) is 1. The molecule has 3 aliphatic rings. The first kappa shape index (κ1) is 19.8. The molecular formula is C22H18N4O6S. The van der Waals surface area contributed by atoms with Crippen LogP contribution in [-0.4, -0.2) is 47.0 Å². The number of fused-ring (bicyclic) bond motifs is 2. The minimum atomic E-state index is -0.371. The van der Waals surface area contributed by atoms with E-state index in [4.69, 9.17) is 18.9 Å². The highest BCUT2D eigenvalue weighted by Crippen LogP contribution is 2.38. The molecule has 1 fully saturated rings. The van der Waals surface area contributed by atoms with Crippen molar-refractivity contribution in [2.24, 2.45) is 0 Å². The molecule has 0 unspecified atom stereocenters. The highest BCUT2D eigenvalue weighted by molar-refractivity contribution is 7.13. The largest absolute Gasteiger partial charge is 0.454 e. The number of hydrogen-bond acceptors (Lipinski definition) is 9. The van der Waals surface area contributed by atoms with Gasteiger partial charge in [-0.2, -0.15) is 0 Å². The molecular weight excluding hydrogens is 448 g/mol. The molecule has 1 aromatic heterocycles. The average Bonchev–Trinajstić information content (AvgIpc) is 3.63. The van der Waals surface area contributed by atoms with Crippen molar-refractivity contribution in [1.29, 1.82) is 0 Å². The summed E-state index contributed by atoms with van der Waals surface area (Å²) in [6, 6.07) is 10.1. The van der Waals surface area contributed by atoms with E-state index in [0.717, 1.165) is 12.8 Å². The number of benzene rings is 2. The number of rotatable bonds is 4. The molecule has 11 heteroatoms. The predicted molar refractivity (Wildman–Crippen MR) is 116 cm³/mol. The maximum absolute atomic E-state index is 13.2. The van der Waals surface area contributed by atoms with Gasteiger partial charge in [0.15, 0.2) is 23.0 Å². The van der Waals surface area contributed by atoms with Gasteiger partial charge >= 0.3 is 0 Å². The summed E-state index contributed by atoms with van der Waals surface area (Å²) in [7, 11) is 0. The monoisotopic (exact) mass is 466 g/mol. The van der Waals surface area contributed by atoms with Crippen LogP contribution in [0.5, 0.6) is 23.0 Å². The van der Waals surface area contributed by atoms with Crippen LogP contribution in [0.15, 0.2) is 36.4 Å². The van der Waals surface area contributed by atoms with Crippen LogP contribution >= 0.6 is 11.3 Å². The maximum Gasteiger partial charge on any atom is 0.286 e. The number of aromatic nitrogens is 2. The molecule has 0 aliphatic carbocycles. The van der Waals surface area contributed by atoms with E-state index in [1.165, 1.54) is 11.3 Å². The highest BCUT2D eigenvalue weighted by atomic mass is 32.1. The summed E-state index contributed by atoms with van der Waals surface area (Å²) in [5, 5.41) is 12.0. The fraction of sp³-hybridized carbons (Fsp3) is 0.273. The lowest BCUT2D eigenvalue weighted by molar-refractivity contribution is 0.0734. The molecule has 2 amide bonds. The standard InChI is InChI=1S/C22H18N4O6S/c27-19(23-13-4-6-16-18(9-13)32-11-30-16)21-25-24-20(33-21)14-2-1-7-26(14)22(28)12-3-5-15-17(8-12)31-10-29-15/h3-6,8-9,14H,1-2,7,10-11H2,(H,23,27)/t14-/m1/s1. The second-order valence-corrected chi connectivity index (χ2v) is 8.70. The molecule has 33 heavy (non-hydrogen) atoms. The second-order valence-electron chi connectivity index (χ2n) is 7.69. The minimum absolute atomic E-state index is 0.114. The quantitative estimate of drug-likeness (QED) is 0.624. The molecule has 0 radical (unpaired) electrons. The maximum atomic E-state index is 13.2. The Bertz CT molecular complexity index is 1260. The molecule has 6 rings (SSSR count). The molecule has 10 nitrogen and oxygen atoms in total. The van der Waals surface area contributed by atoms with Gasteiger partial charge in [0, 0.05) is 23.9 Å². The van der Waals surface area contributed by atoms with Gasteiger partial charge in [-0.3, -0.25) is 9.59 Å². The predicted octanol–water partition coefficient (Wildman–Crippen LogP) is 3.23. The molecule has 3 aromatic rings. The number of amides is 2. The van der Waals surface area contributed by atoms with Crippen molar-refractivity contribution in [1.82, 2.24) is 15.1 Å². The smallest absolute Gasteiger partial charge is 0.286 e. The van der Waals surface area contributed by atoms with Gasteiger partial charge < -0.3 is 29.2 Å². The summed E-state index contributed by atoms with van der Waals surface area (Å²) >= 11 is 1.19. The SMILES string of the molecule is O=C(Nc1ccc2c(c1)OCO2)c1nnc([C@H]2CCCN2C(=O)c2ccc3c(c2)OCO3)s1. The first-order valence-electron chi connectivity index (χ1n) is 10.4. The Balaban J connectivity index is 1.18. The Morgan fingerprint density at radius 3 is 2.48 bits per heavy atom. The average molecular weight is 466 g/mol. The fourth-order valence-electron chi connectivity index (χ4n) is 4.08. The molecule has 1 N–H and O–H groups in total. The van der Waals surface area contributed by atoms with Crippen LogP contribution in [0.1, 0.15) is 44.1 Å². The van der Waals surface area contributed by atoms with Crippen molar-refractivity contribution >= 4 is 28.8 Å². The number of carbonyl (C=O) groups is 2. The van der Waals surface area contributed by atoms with Gasteiger partial charge in [0.25, 0.3) is 11.8 Å². The Kier molecular flexibility index (Phi) is 4.75. The van der Waals surface area contributed by atoms with E-state index in [1.54, 1.807) is 41.3 Å². The first-order valence-corrected chi connectivity index (χ1v) is 11.2. The van der Waals surface area contributed by atoms with Crippen molar-refractivity contribution in [3.05, 3.63) is 52.0 Å². The van der Waals surface area contributed by atoms with E-state index in [1.807, 2.05) is 0 Å². The van der Waals surface area contributed by atoms with E-state index in [2.05, 4.69) is 15.5 Å². The van der Waals surface area contributed by atoms with E-state index in [9.17, 15) is 9.59 Å². The van der Waals surface area contributed by atoms with Crippen LogP contribution in [-0.2, 0) is 0 Å². The lowest BCUT2D eigenvalue weighted by atomic mass is 10.1. The van der Waals surface area contributed by atoms with Gasteiger partial charge in [-0.15, -0.1) is 10.2 Å². The van der Waals surface area contributed by atoms with Crippen molar-refractivity contribution < 1.29 is 28.5 Å². The third-order valence-electron chi connectivity index (χ3n) is 5.68. The Labute approximate surface area is 192 Å². The number of hydrogen-bond donors (Lipinski definition) is 1. The summed E-state index contributed by atoms with van der Waals surface area (Å²) in [5.41, 5.74) is 1.10. The van der Waals surface area contributed by atoms with E-state index in [-0.39, 0.29) is 36.4 Å². The number of nitrogens with one attached hydrogen (secondary N) is 1. The van der Waals surface area contributed by atoms with Gasteiger partial charge in [0.2, 0.25) is 18.6 Å². The fourth-order valence-corrected chi connectivity index (χ4v) is 4.97. The summed E-state index contributed by atoms with van der Waals surface area (Å²) < 4.78 is 21.3. The summed E-state index contributed by atoms with van der Waals surface area (Å²) in [4.78, 5) is 27.7. The molecule has 4 heterocycles. The van der Waals surface area contributed by atoms with E-state index >= 15 is 0 Å². The highest BCUT2D eigenvalue weighted by Gasteiger charge is 2.34. The van der Waals surface area contributed by atoms with Crippen LogP contribution in [0.3, 0.4) is 0 Å². The molecule has 0 saturated carbocycles.